The van der Waals surface area contributed by atoms with Gasteiger partial charge in [0.25, 0.3) is 0 Å². The molecule has 0 spiro atoms. The molecule has 0 aromatic heterocycles. The van der Waals surface area contributed by atoms with Crippen molar-refractivity contribution in [1.82, 2.24) is 0 Å². The van der Waals surface area contributed by atoms with Crippen molar-refractivity contribution in [3.63, 3.8) is 0 Å². The number of phenolic OH excluding ortho intramolecular Hbond substituents is 1. The van der Waals surface area contributed by atoms with E-state index in [9.17, 15) is 9.90 Å². The summed E-state index contributed by atoms with van der Waals surface area (Å²) in [4.78, 5) is 12.3. The number of benzene rings is 2. The number of ether oxygens (including phenoxy) is 2. The molecule has 0 heterocycles. The van der Waals surface area contributed by atoms with Crippen molar-refractivity contribution in [3.05, 3.63) is 59.7 Å². The molecule has 0 radical (unpaired) electrons. The second kappa shape index (κ2) is 8.10. The molecule has 0 amide bonds. The van der Waals surface area contributed by atoms with Gasteiger partial charge in [0.2, 0.25) is 0 Å². The molecule has 0 bridgehead atoms. The SMILES string of the molecule is COc1cc(O)c(C(=O)C=Cc2ccccc2)c(OC)c1.Cl. The van der Waals surface area contributed by atoms with Gasteiger partial charge in [0.15, 0.2) is 5.78 Å². The number of hydrogen-bond acceptors (Lipinski definition) is 4. The maximum Gasteiger partial charge on any atom is 0.193 e. The molecule has 1 N–H and O–H groups in total. The van der Waals surface area contributed by atoms with Gasteiger partial charge in [0.05, 0.1) is 14.2 Å². The Bertz CT molecular complexity index is 666. The summed E-state index contributed by atoms with van der Waals surface area (Å²) in [6.07, 6.45) is 3.09. The quantitative estimate of drug-likeness (QED) is 0.673. The van der Waals surface area contributed by atoms with E-state index in [0.29, 0.717) is 5.75 Å². The minimum absolute atomic E-state index is 0. The van der Waals surface area contributed by atoms with Crippen LogP contribution in [0.1, 0.15) is 15.9 Å². The van der Waals surface area contributed by atoms with Crippen LogP contribution in [0.4, 0.5) is 0 Å². The zero-order valence-electron chi connectivity index (χ0n) is 12.3. The summed E-state index contributed by atoms with van der Waals surface area (Å²) < 4.78 is 10.2. The Morgan fingerprint density at radius 2 is 1.77 bits per heavy atom. The lowest BCUT2D eigenvalue weighted by molar-refractivity contribution is 0.104. The minimum Gasteiger partial charge on any atom is -0.507 e. The van der Waals surface area contributed by atoms with E-state index in [1.54, 1.807) is 12.1 Å². The molecule has 0 aliphatic carbocycles. The molecular weight excluding hydrogens is 304 g/mol. The Balaban J connectivity index is 0.00000242. The number of phenols is 1. The van der Waals surface area contributed by atoms with E-state index >= 15 is 0 Å². The van der Waals surface area contributed by atoms with Crippen LogP contribution in [-0.2, 0) is 0 Å². The zero-order chi connectivity index (χ0) is 15.2. The van der Waals surface area contributed by atoms with E-state index in [0.717, 1.165) is 5.56 Å². The van der Waals surface area contributed by atoms with Gasteiger partial charge in [0, 0.05) is 12.1 Å². The number of halogens is 1. The van der Waals surface area contributed by atoms with Gasteiger partial charge in [0.1, 0.15) is 22.8 Å². The third-order valence-corrected chi connectivity index (χ3v) is 2.98. The van der Waals surface area contributed by atoms with Crippen LogP contribution in [0.15, 0.2) is 48.5 Å². The summed E-state index contributed by atoms with van der Waals surface area (Å²) in [5, 5.41) is 9.99. The molecule has 2 aromatic rings. The van der Waals surface area contributed by atoms with E-state index < -0.39 is 0 Å². The molecule has 2 rings (SSSR count). The predicted octanol–water partition coefficient (Wildman–Crippen LogP) is 3.73. The molecule has 0 fully saturated rings. The standard InChI is InChI=1S/C17H16O4.ClH/c1-20-13-10-15(19)17(16(11-13)21-2)14(18)9-8-12-6-4-3-5-7-12;/h3-11,19H,1-2H3;1H. The van der Waals surface area contributed by atoms with Gasteiger partial charge in [-0.05, 0) is 11.6 Å². The van der Waals surface area contributed by atoms with Gasteiger partial charge in [-0.3, -0.25) is 4.79 Å². The van der Waals surface area contributed by atoms with Gasteiger partial charge in [-0.15, -0.1) is 12.4 Å². The lowest BCUT2D eigenvalue weighted by atomic mass is 10.1. The van der Waals surface area contributed by atoms with Crippen molar-refractivity contribution in [3.8, 4) is 17.2 Å². The van der Waals surface area contributed by atoms with Crippen LogP contribution < -0.4 is 9.47 Å². The van der Waals surface area contributed by atoms with E-state index in [4.69, 9.17) is 9.47 Å². The molecule has 22 heavy (non-hydrogen) atoms. The molecule has 0 aliphatic rings. The van der Waals surface area contributed by atoms with Crippen molar-refractivity contribution >= 4 is 24.3 Å². The van der Waals surface area contributed by atoms with E-state index in [1.807, 2.05) is 30.3 Å². The van der Waals surface area contributed by atoms with Crippen LogP contribution in [-0.4, -0.2) is 25.1 Å². The highest BCUT2D eigenvalue weighted by molar-refractivity contribution is 6.10. The van der Waals surface area contributed by atoms with Crippen LogP contribution in [0.5, 0.6) is 17.2 Å². The van der Waals surface area contributed by atoms with Gasteiger partial charge in [-0.1, -0.05) is 36.4 Å². The number of methoxy groups -OCH3 is 2. The average Bonchev–Trinajstić information content (AvgIpc) is 2.52. The summed E-state index contributed by atoms with van der Waals surface area (Å²) in [5.74, 6) is 0.187. The minimum atomic E-state index is -0.337. The fourth-order valence-corrected chi connectivity index (χ4v) is 1.92. The number of ketones is 1. The highest BCUT2D eigenvalue weighted by Crippen LogP contribution is 2.33. The number of carbonyl (C=O) groups is 1. The van der Waals surface area contributed by atoms with Gasteiger partial charge < -0.3 is 14.6 Å². The summed E-state index contributed by atoms with van der Waals surface area (Å²) in [5.41, 5.74) is 1.02. The summed E-state index contributed by atoms with van der Waals surface area (Å²) in [7, 11) is 2.91. The Morgan fingerprint density at radius 3 is 2.36 bits per heavy atom. The predicted molar refractivity (Wildman–Crippen MR) is 88.3 cm³/mol. The van der Waals surface area contributed by atoms with Crippen molar-refractivity contribution in [2.24, 2.45) is 0 Å². The normalized spacial score (nSPS) is 10.1. The van der Waals surface area contributed by atoms with Crippen LogP contribution in [0.3, 0.4) is 0 Å². The van der Waals surface area contributed by atoms with Crippen molar-refractivity contribution in [2.75, 3.05) is 14.2 Å². The average molecular weight is 321 g/mol. The first kappa shape index (κ1) is 17.6. The number of carbonyl (C=O) groups excluding carboxylic acids is 1. The van der Waals surface area contributed by atoms with Crippen LogP contribution in [0.2, 0.25) is 0 Å². The molecule has 0 saturated heterocycles. The molecule has 0 aliphatic heterocycles. The molecule has 0 atom stereocenters. The van der Waals surface area contributed by atoms with Crippen molar-refractivity contribution in [2.45, 2.75) is 0 Å². The summed E-state index contributed by atoms with van der Waals surface area (Å²) >= 11 is 0. The molecule has 0 saturated carbocycles. The Labute approximate surface area is 135 Å². The molecular formula is C17H17ClO4. The van der Waals surface area contributed by atoms with Crippen molar-refractivity contribution < 1.29 is 19.4 Å². The summed E-state index contributed by atoms with van der Waals surface area (Å²) in [6.45, 7) is 0. The second-order valence-electron chi connectivity index (χ2n) is 4.33. The molecule has 4 nitrogen and oxygen atoms in total. The number of allylic oxidation sites excluding steroid dienone is 1. The Kier molecular flexibility index (Phi) is 6.47. The van der Waals surface area contributed by atoms with Gasteiger partial charge in [-0.25, -0.2) is 0 Å². The monoisotopic (exact) mass is 320 g/mol. The lowest BCUT2D eigenvalue weighted by Crippen LogP contribution is -2.00. The first-order valence-corrected chi connectivity index (χ1v) is 6.38. The fourth-order valence-electron chi connectivity index (χ4n) is 1.92. The number of rotatable bonds is 5. The van der Waals surface area contributed by atoms with E-state index in [2.05, 4.69) is 0 Å². The van der Waals surface area contributed by atoms with Gasteiger partial charge >= 0.3 is 0 Å². The molecule has 116 valence electrons. The second-order valence-corrected chi connectivity index (χ2v) is 4.33. The number of hydrogen-bond donors (Lipinski definition) is 1. The number of aromatic hydroxyl groups is 1. The molecule has 0 unspecified atom stereocenters. The highest BCUT2D eigenvalue weighted by Gasteiger charge is 2.17. The van der Waals surface area contributed by atoms with Crippen LogP contribution in [0.25, 0.3) is 6.08 Å². The third-order valence-electron chi connectivity index (χ3n) is 2.98. The Hall–Kier alpha value is -2.46. The van der Waals surface area contributed by atoms with Crippen LogP contribution >= 0.6 is 12.4 Å². The first-order chi connectivity index (χ1) is 10.2. The zero-order valence-corrected chi connectivity index (χ0v) is 13.1. The van der Waals surface area contributed by atoms with Crippen molar-refractivity contribution in [1.29, 1.82) is 0 Å². The smallest absolute Gasteiger partial charge is 0.193 e. The topological polar surface area (TPSA) is 55.8 Å². The first-order valence-electron chi connectivity index (χ1n) is 6.38. The lowest BCUT2D eigenvalue weighted by Gasteiger charge is -2.10. The fraction of sp³-hybridized carbons (Fsp3) is 0.118. The third kappa shape index (κ3) is 4.02. The largest absolute Gasteiger partial charge is 0.507 e. The molecule has 2 aromatic carbocycles. The molecule has 5 heteroatoms. The maximum absolute atomic E-state index is 12.3. The Morgan fingerprint density at radius 1 is 1.09 bits per heavy atom. The van der Waals surface area contributed by atoms with E-state index in [1.165, 1.54) is 26.4 Å². The van der Waals surface area contributed by atoms with Gasteiger partial charge in [-0.2, -0.15) is 0 Å². The van der Waals surface area contributed by atoms with E-state index in [-0.39, 0.29) is 35.3 Å². The van der Waals surface area contributed by atoms with Crippen LogP contribution in [0, 0.1) is 0 Å². The summed E-state index contributed by atoms with van der Waals surface area (Å²) in [6, 6.07) is 12.4. The highest BCUT2D eigenvalue weighted by atomic mass is 35.5. The maximum atomic E-state index is 12.3.